The predicted octanol–water partition coefficient (Wildman–Crippen LogP) is 1.36. The van der Waals surface area contributed by atoms with Crippen LogP contribution in [0.3, 0.4) is 0 Å². The van der Waals surface area contributed by atoms with Gasteiger partial charge in [0.15, 0.2) is 11.5 Å². The minimum absolute atomic E-state index is 0.143. The molecule has 17 heavy (non-hydrogen) atoms. The van der Waals surface area contributed by atoms with Crippen LogP contribution in [0.25, 0.3) is 0 Å². The second kappa shape index (κ2) is 5.89. The molecule has 1 aromatic carbocycles. The van der Waals surface area contributed by atoms with Crippen LogP contribution in [0.2, 0.25) is 0 Å². The lowest BCUT2D eigenvalue weighted by Gasteiger charge is -2.15. The normalized spacial score (nSPS) is 19.3. The molecule has 1 fully saturated rings. The van der Waals surface area contributed by atoms with Crippen LogP contribution in [0.1, 0.15) is 12.0 Å². The highest BCUT2D eigenvalue weighted by Crippen LogP contribution is 2.30. The van der Waals surface area contributed by atoms with Gasteiger partial charge in [-0.2, -0.15) is 0 Å². The molecule has 1 saturated heterocycles. The molecule has 0 radical (unpaired) electrons. The van der Waals surface area contributed by atoms with Gasteiger partial charge in [0.25, 0.3) is 0 Å². The van der Waals surface area contributed by atoms with E-state index in [1.165, 1.54) is 5.56 Å². The topological polar surface area (TPSA) is 53.7 Å². The van der Waals surface area contributed by atoms with E-state index in [1.807, 2.05) is 18.2 Å². The van der Waals surface area contributed by atoms with Crippen molar-refractivity contribution < 1.29 is 14.2 Å². The first-order valence-electron chi connectivity index (χ1n) is 5.95. The van der Waals surface area contributed by atoms with Crippen molar-refractivity contribution in [2.45, 2.75) is 18.9 Å². The van der Waals surface area contributed by atoms with Gasteiger partial charge >= 0.3 is 0 Å². The molecule has 2 N–H and O–H groups in total. The zero-order valence-electron chi connectivity index (χ0n) is 10.1. The fourth-order valence-electron chi connectivity index (χ4n) is 1.92. The highest BCUT2D eigenvalue weighted by molar-refractivity contribution is 5.43. The Morgan fingerprint density at radius 1 is 1.41 bits per heavy atom. The molecule has 0 aromatic heterocycles. The molecule has 0 saturated carbocycles. The molecular weight excluding hydrogens is 218 g/mol. The molecule has 0 amide bonds. The Hall–Kier alpha value is -1.26. The van der Waals surface area contributed by atoms with E-state index in [1.54, 1.807) is 7.11 Å². The minimum atomic E-state index is 0.143. The van der Waals surface area contributed by atoms with Crippen molar-refractivity contribution in [2.75, 3.05) is 26.9 Å². The zero-order valence-corrected chi connectivity index (χ0v) is 10.1. The summed E-state index contributed by atoms with van der Waals surface area (Å²) in [6.07, 6.45) is 1.93. The Morgan fingerprint density at radius 2 is 2.29 bits per heavy atom. The Kier molecular flexibility index (Phi) is 4.23. The van der Waals surface area contributed by atoms with E-state index in [9.17, 15) is 0 Å². The van der Waals surface area contributed by atoms with Gasteiger partial charge in [0.2, 0.25) is 0 Å². The second-order valence-corrected chi connectivity index (χ2v) is 4.13. The van der Waals surface area contributed by atoms with E-state index in [4.69, 9.17) is 19.9 Å². The van der Waals surface area contributed by atoms with E-state index in [0.29, 0.717) is 13.2 Å². The lowest BCUT2D eigenvalue weighted by molar-refractivity contribution is 0.138. The Labute approximate surface area is 102 Å². The minimum Gasteiger partial charge on any atom is -0.493 e. The van der Waals surface area contributed by atoms with E-state index < -0.39 is 0 Å². The maximum Gasteiger partial charge on any atom is 0.161 e. The number of methoxy groups -OCH3 is 1. The average molecular weight is 237 g/mol. The highest BCUT2D eigenvalue weighted by Gasteiger charge is 2.18. The van der Waals surface area contributed by atoms with Crippen molar-refractivity contribution in [1.82, 2.24) is 0 Å². The number of nitrogens with two attached hydrogens (primary N) is 1. The number of benzene rings is 1. The third-order valence-corrected chi connectivity index (χ3v) is 2.84. The SMILES string of the molecule is COc1cc(CCN)ccc1OC1CCOC1. The first-order valence-corrected chi connectivity index (χ1v) is 5.95. The Balaban J connectivity index is 2.09. The summed E-state index contributed by atoms with van der Waals surface area (Å²) in [5, 5.41) is 0. The molecule has 1 aliphatic heterocycles. The molecule has 0 spiro atoms. The van der Waals surface area contributed by atoms with Gasteiger partial charge in [-0.15, -0.1) is 0 Å². The second-order valence-electron chi connectivity index (χ2n) is 4.13. The third kappa shape index (κ3) is 3.11. The highest BCUT2D eigenvalue weighted by atomic mass is 16.6. The zero-order chi connectivity index (χ0) is 12.1. The summed E-state index contributed by atoms with van der Waals surface area (Å²) in [5.41, 5.74) is 6.70. The molecule has 4 heteroatoms. The van der Waals surface area contributed by atoms with Crippen LogP contribution < -0.4 is 15.2 Å². The molecule has 1 atom stereocenters. The maximum absolute atomic E-state index is 5.85. The molecule has 0 bridgehead atoms. The molecular formula is C13H19NO3. The number of ether oxygens (including phenoxy) is 3. The van der Waals surface area contributed by atoms with Crippen molar-refractivity contribution in [3.8, 4) is 11.5 Å². The summed E-state index contributed by atoms with van der Waals surface area (Å²) < 4.78 is 16.5. The van der Waals surface area contributed by atoms with Gasteiger partial charge in [0, 0.05) is 6.42 Å². The quantitative estimate of drug-likeness (QED) is 0.840. The summed E-state index contributed by atoms with van der Waals surface area (Å²) in [5.74, 6) is 1.55. The fraction of sp³-hybridized carbons (Fsp3) is 0.538. The van der Waals surface area contributed by atoms with Crippen LogP contribution in [0, 0.1) is 0 Å². The van der Waals surface area contributed by atoms with Gasteiger partial charge in [0.05, 0.1) is 20.3 Å². The average Bonchev–Trinajstić information content (AvgIpc) is 2.84. The van der Waals surface area contributed by atoms with Gasteiger partial charge in [-0.25, -0.2) is 0 Å². The van der Waals surface area contributed by atoms with Crippen molar-refractivity contribution >= 4 is 0 Å². The Bertz CT molecular complexity index is 362. The molecule has 1 unspecified atom stereocenters. The molecule has 1 heterocycles. The predicted molar refractivity (Wildman–Crippen MR) is 65.6 cm³/mol. The molecule has 2 rings (SSSR count). The van der Waals surface area contributed by atoms with Gasteiger partial charge in [-0.3, -0.25) is 0 Å². The monoisotopic (exact) mass is 237 g/mol. The summed E-state index contributed by atoms with van der Waals surface area (Å²) in [4.78, 5) is 0. The van der Waals surface area contributed by atoms with Gasteiger partial charge in [-0.05, 0) is 30.7 Å². The van der Waals surface area contributed by atoms with Gasteiger partial charge in [-0.1, -0.05) is 6.07 Å². The van der Waals surface area contributed by atoms with Crippen LogP contribution >= 0.6 is 0 Å². The first-order chi connectivity index (χ1) is 8.33. The summed E-state index contributed by atoms with van der Waals surface area (Å²) in [6.45, 7) is 2.08. The van der Waals surface area contributed by atoms with Crippen LogP contribution in [-0.4, -0.2) is 33.0 Å². The molecule has 4 nitrogen and oxygen atoms in total. The molecule has 1 aliphatic rings. The van der Waals surface area contributed by atoms with E-state index in [-0.39, 0.29) is 6.10 Å². The molecule has 0 aliphatic carbocycles. The number of hydrogen-bond donors (Lipinski definition) is 1. The lowest BCUT2D eigenvalue weighted by Crippen LogP contribution is -2.16. The number of rotatable bonds is 5. The van der Waals surface area contributed by atoms with Crippen molar-refractivity contribution in [3.05, 3.63) is 23.8 Å². The molecule has 94 valence electrons. The van der Waals surface area contributed by atoms with Crippen molar-refractivity contribution in [2.24, 2.45) is 5.73 Å². The van der Waals surface area contributed by atoms with Crippen molar-refractivity contribution in [1.29, 1.82) is 0 Å². The lowest BCUT2D eigenvalue weighted by atomic mass is 10.1. The van der Waals surface area contributed by atoms with E-state index >= 15 is 0 Å². The third-order valence-electron chi connectivity index (χ3n) is 2.84. The Morgan fingerprint density at radius 3 is 2.94 bits per heavy atom. The van der Waals surface area contributed by atoms with Crippen LogP contribution in [0.5, 0.6) is 11.5 Å². The smallest absolute Gasteiger partial charge is 0.161 e. The standard InChI is InChI=1S/C13H19NO3/c1-15-13-8-10(4-6-14)2-3-12(13)17-11-5-7-16-9-11/h2-3,8,11H,4-7,9,14H2,1H3. The van der Waals surface area contributed by atoms with Gasteiger partial charge < -0.3 is 19.9 Å². The van der Waals surface area contributed by atoms with Crippen LogP contribution in [0.4, 0.5) is 0 Å². The van der Waals surface area contributed by atoms with Crippen LogP contribution in [-0.2, 0) is 11.2 Å². The number of hydrogen-bond acceptors (Lipinski definition) is 4. The van der Waals surface area contributed by atoms with Crippen molar-refractivity contribution in [3.63, 3.8) is 0 Å². The maximum atomic E-state index is 5.85. The fourth-order valence-corrected chi connectivity index (χ4v) is 1.92. The largest absolute Gasteiger partial charge is 0.493 e. The summed E-state index contributed by atoms with van der Waals surface area (Å²) in [7, 11) is 1.65. The summed E-state index contributed by atoms with van der Waals surface area (Å²) in [6, 6.07) is 5.96. The first kappa shape index (κ1) is 12.2. The van der Waals surface area contributed by atoms with E-state index in [2.05, 4.69) is 0 Å². The summed E-state index contributed by atoms with van der Waals surface area (Å²) >= 11 is 0. The van der Waals surface area contributed by atoms with Gasteiger partial charge in [0.1, 0.15) is 6.10 Å². The molecule has 1 aromatic rings. The van der Waals surface area contributed by atoms with Crippen LogP contribution in [0.15, 0.2) is 18.2 Å². The van der Waals surface area contributed by atoms with E-state index in [0.717, 1.165) is 30.9 Å².